The molecule has 4 nitrogen and oxygen atoms in total. The summed E-state index contributed by atoms with van der Waals surface area (Å²) in [5.74, 6) is 1.20. The van der Waals surface area contributed by atoms with Gasteiger partial charge in [-0.3, -0.25) is 4.79 Å². The lowest BCUT2D eigenvalue weighted by Gasteiger charge is -2.13. The van der Waals surface area contributed by atoms with E-state index in [-0.39, 0.29) is 11.9 Å². The van der Waals surface area contributed by atoms with E-state index in [1.807, 2.05) is 12.1 Å². The van der Waals surface area contributed by atoms with Crippen LogP contribution in [0.1, 0.15) is 25.5 Å². The van der Waals surface area contributed by atoms with Gasteiger partial charge in [-0.2, -0.15) is 0 Å². The van der Waals surface area contributed by atoms with Crippen LogP contribution in [0.25, 0.3) is 0 Å². The Bertz CT molecular complexity index is 474. The third-order valence-corrected chi connectivity index (χ3v) is 3.42. The van der Waals surface area contributed by atoms with E-state index in [0.29, 0.717) is 12.5 Å². The minimum absolute atomic E-state index is 0.0274. The number of carbonyl (C=O) groups is 1. The molecule has 1 unspecified atom stereocenters. The second kappa shape index (κ2) is 5.28. The smallest absolute Gasteiger partial charge is 0.246 e. The molecule has 1 atom stereocenters. The van der Waals surface area contributed by atoms with Crippen molar-refractivity contribution in [1.29, 1.82) is 0 Å². The summed E-state index contributed by atoms with van der Waals surface area (Å²) >= 11 is 3.48. The molecule has 0 aromatic heterocycles. The predicted molar refractivity (Wildman–Crippen MR) is 74.9 cm³/mol. The summed E-state index contributed by atoms with van der Waals surface area (Å²) < 4.78 is 6.58. The Kier molecular flexibility index (Phi) is 3.92. The van der Waals surface area contributed by atoms with Crippen molar-refractivity contribution in [3.05, 3.63) is 22.2 Å². The van der Waals surface area contributed by atoms with Crippen LogP contribution in [0.3, 0.4) is 0 Å². The van der Waals surface area contributed by atoms with Crippen molar-refractivity contribution >= 4 is 27.5 Å². The van der Waals surface area contributed by atoms with Gasteiger partial charge in [0.2, 0.25) is 5.91 Å². The van der Waals surface area contributed by atoms with Crippen LogP contribution in [-0.2, 0) is 4.79 Å². The Labute approximate surface area is 115 Å². The Hall–Kier alpha value is -1.07. The zero-order valence-electron chi connectivity index (χ0n) is 10.7. The average molecular weight is 313 g/mol. The number of benzene rings is 1. The first-order valence-electron chi connectivity index (χ1n) is 5.97. The van der Waals surface area contributed by atoms with Crippen LogP contribution in [0.2, 0.25) is 0 Å². The van der Waals surface area contributed by atoms with E-state index < -0.39 is 0 Å². The van der Waals surface area contributed by atoms with Crippen molar-refractivity contribution in [3.63, 3.8) is 0 Å². The van der Waals surface area contributed by atoms with Gasteiger partial charge in [0, 0.05) is 17.3 Å². The zero-order valence-corrected chi connectivity index (χ0v) is 12.3. The first-order chi connectivity index (χ1) is 8.52. The molecule has 0 fully saturated rings. The van der Waals surface area contributed by atoms with Crippen molar-refractivity contribution < 1.29 is 9.53 Å². The first kappa shape index (κ1) is 13.4. The number of fused-ring (bicyclic) bond motifs is 1. The molecular weight excluding hydrogens is 296 g/mol. The zero-order chi connectivity index (χ0) is 13.3. The molecule has 0 radical (unpaired) electrons. The standard InChI is InChI=1S/C13H17BrN2O2/c1-7(2)6-18-11-5-10-8(4-9(11)14)12(15-3)13(17)16-10/h4-5,7,12,15H,6H2,1-3H3,(H,16,17). The van der Waals surface area contributed by atoms with Crippen LogP contribution in [-0.4, -0.2) is 19.6 Å². The lowest BCUT2D eigenvalue weighted by Crippen LogP contribution is -2.23. The van der Waals surface area contributed by atoms with Crippen LogP contribution >= 0.6 is 15.9 Å². The van der Waals surface area contributed by atoms with E-state index in [0.717, 1.165) is 21.5 Å². The summed E-state index contributed by atoms with van der Waals surface area (Å²) in [5, 5.41) is 5.84. The molecule has 98 valence electrons. The van der Waals surface area contributed by atoms with Crippen molar-refractivity contribution in [2.45, 2.75) is 19.9 Å². The summed E-state index contributed by atoms with van der Waals surface area (Å²) in [6, 6.07) is 3.52. The first-order valence-corrected chi connectivity index (χ1v) is 6.76. The number of hydrogen-bond donors (Lipinski definition) is 2. The molecule has 0 saturated heterocycles. The van der Waals surface area contributed by atoms with Gasteiger partial charge < -0.3 is 15.4 Å². The fourth-order valence-corrected chi connectivity index (χ4v) is 2.39. The molecule has 18 heavy (non-hydrogen) atoms. The maximum atomic E-state index is 11.7. The summed E-state index contributed by atoms with van der Waals surface area (Å²) in [6.45, 7) is 4.85. The lowest BCUT2D eigenvalue weighted by atomic mass is 10.1. The molecule has 2 rings (SSSR count). The molecule has 5 heteroatoms. The van der Waals surface area contributed by atoms with Crippen LogP contribution in [0.5, 0.6) is 5.75 Å². The van der Waals surface area contributed by atoms with Gasteiger partial charge >= 0.3 is 0 Å². The number of amides is 1. The Balaban J connectivity index is 2.28. The van der Waals surface area contributed by atoms with E-state index in [2.05, 4.69) is 40.4 Å². The number of likely N-dealkylation sites (N-methyl/N-ethyl adjacent to an activating group) is 1. The third kappa shape index (κ3) is 2.52. The number of hydrogen-bond acceptors (Lipinski definition) is 3. The second-order valence-corrected chi connectivity index (χ2v) is 5.64. The topological polar surface area (TPSA) is 50.4 Å². The molecule has 1 amide bonds. The molecule has 0 aliphatic carbocycles. The van der Waals surface area contributed by atoms with Gasteiger partial charge in [0.25, 0.3) is 0 Å². The number of ether oxygens (including phenoxy) is 1. The molecule has 1 aromatic carbocycles. The normalized spacial score (nSPS) is 17.8. The lowest BCUT2D eigenvalue weighted by molar-refractivity contribution is -0.117. The van der Waals surface area contributed by atoms with Crippen molar-refractivity contribution in [2.24, 2.45) is 5.92 Å². The molecule has 0 saturated carbocycles. The van der Waals surface area contributed by atoms with E-state index >= 15 is 0 Å². The highest BCUT2D eigenvalue weighted by atomic mass is 79.9. The Morgan fingerprint density at radius 2 is 2.22 bits per heavy atom. The number of rotatable bonds is 4. The fourth-order valence-electron chi connectivity index (χ4n) is 1.92. The number of halogens is 1. The highest BCUT2D eigenvalue weighted by Crippen LogP contribution is 2.38. The Morgan fingerprint density at radius 3 is 2.83 bits per heavy atom. The average Bonchev–Trinajstić information content (AvgIpc) is 2.60. The largest absolute Gasteiger partial charge is 0.492 e. The minimum Gasteiger partial charge on any atom is -0.492 e. The summed E-state index contributed by atoms with van der Waals surface area (Å²) in [7, 11) is 1.77. The van der Waals surface area contributed by atoms with Gasteiger partial charge in [0.15, 0.2) is 0 Å². The monoisotopic (exact) mass is 312 g/mol. The molecular formula is C13H17BrN2O2. The third-order valence-electron chi connectivity index (χ3n) is 2.80. The number of anilines is 1. The fraction of sp³-hybridized carbons (Fsp3) is 0.462. The van der Waals surface area contributed by atoms with Gasteiger partial charge in [-0.1, -0.05) is 13.8 Å². The Morgan fingerprint density at radius 1 is 1.50 bits per heavy atom. The van der Waals surface area contributed by atoms with Crippen LogP contribution < -0.4 is 15.4 Å². The van der Waals surface area contributed by atoms with Crippen molar-refractivity contribution in [2.75, 3.05) is 19.0 Å². The van der Waals surface area contributed by atoms with Crippen molar-refractivity contribution in [1.82, 2.24) is 5.32 Å². The molecule has 1 aromatic rings. The molecule has 0 bridgehead atoms. The van der Waals surface area contributed by atoms with Crippen LogP contribution in [0, 0.1) is 5.92 Å². The quantitative estimate of drug-likeness (QED) is 0.898. The highest BCUT2D eigenvalue weighted by Gasteiger charge is 2.30. The predicted octanol–water partition coefficient (Wildman–Crippen LogP) is 2.70. The molecule has 1 aliphatic rings. The van der Waals surface area contributed by atoms with E-state index in [4.69, 9.17) is 4.74 Å². The molecule has 1 heterocycles. The van der Waals surface area contributed by atoms with E-state index in [9.17, 15) is 4.79 Å². The van der Waals surface area contributed by atoms with Crippen LogP contribution in [0.15, 0.2) is 16.6 Å². The molecule has 1 aliphatic heterocycles. The molecule has 0 spiro atoms. The van der Waals surface area contributed by atoms with Gasteiger partial charge in [0.05, 0.1) is 11.1 Å². The molecule has 2 N–H and O–H groups in total. The SMILES string of the molecule is CNC1C(=O)Nc2cc(OCC(C)C)c(Br)cc21. The van der Waals surface area contributed by atoms with E-state index in [1.165, 1.54) is 0 Å². The number of carbonyl (C=O) groups excluding carboxylic acids is 1. The minimum atomic E-state index is -0.282. The second-order valence-electron chi connectivity index (χ2n) is 4.79. The maximum absolute atomic E-state index is 11.7. The summed E-state index contributed by atoms with van der Waals surface area (Å²) in [5.41, 5.74) is 1.77. The number of nitrogens with one attached hydrogen (secondary N) is 2. The van der Waals surface area contributed by atoms with E-state index in [1.54, 1.807) is 7.05 Å². The summed E-state index contributed by atoms with van der Waals surface area (Å²) in [6.07, 6.45) is 0. The highest BCUT2D eigenvalue weighted by molar-refractivity contribution is 9.10. The van der Waals surface area contributed by atoms with Gasteiger partial charge in [-0.15, -0.1) is 0 Å². The van der Waals surface area contributed by atoms with Gasteiger partial charge in [0.1, 0.15) is 11.8 Å². The van der Waals surface area contributed by atoms with Crippen molar-refractivity contribution in [3.8, 4) is 5.75 Å². The van der Waals surface area contributed by atoms with Gasteiger partial charge in [-0.05, 0) is 35.0 Å². The summed E-state index contributed by atoms with van der Waals surface area (Å²) in [4.78, 5) is 11.7. The van der Waals surface area contributed by atoms with Crippen LogP contribution in [0.4, 0.5) is 5.69 Å². The maximum Gasteiger partial charge on any atom is 0.246 e. The van der Waals surface area contributed by atoms with Gasteiger partial charge in [-0.25, -0.2) is 0 Å².